The van der Waals surface area contributed by atoms with Crippen LogP contribution >= 0.6 is 0 Å². The van der Waals surface area contributed by atoms with E-state index in [0.717, 1.165) is 25.0 Å². The number of ether oxygens (including phenoxy) is 1. The molecule has 22 heavy (non-hydrogen) atoms. The molecule has 1 heterocycles. The van der Waals surface area contributed by atoms with Crippen LogP contribution in [0.1, 0.15) is 41.7 Å². The first-order valence-corrected chi connectivity index (χ1v) is 7.47. The third kappa shape index (κ3) is 4.76. The van der Waals surface area contributed by atoms with Crippen LogP contribution in [-0.4, -0.2) is 36.3 Å². The highest BCUT2D eigenvalue weighted by atomic mass is 19.4. The van der Waals surface area contributed by atoms with Gasteiger partial charge in [-0.1, -0.05) is 12.8 Å². The summed E-state index contributed by atoms with van der Waals surface area (Å²) >= 11 is 0. The van der Waals surface area contributed by atoms with Gasteiger partial charge < -0.3 is 15.0 Å². The number of rotatable bonds is 5. The Bertz CT molecular complexity index is 499. The predicted octanol–water partition coefficient (Wildman–Crippen LogP) is 3.19. The van der Waals surface area contributed by atoms with E-state index in [0.29, 0.717) is 18.5 Å². The van der Waals surface area contributed by atoms with Gasteiger partial charge in [-0.15, -0.1) is 0 Å². The van der Waals surface area contributed by atoms with Crippen LogP contribution in [0.3, 0.4) is 0 Å². The molecule has 1 aromatic heterocycles. The molecule has 4 nitrogen and oxygen atoms in total. The second-order valence-electron chi connectivity index (χ2n) is 5.74. The Labute approximate surface area is 127 Å². The fourth-order valence-electron chi connectivity index (χ4n) is 2.85. The van der Waals surface area contributed by atoms with Crippen LogP contribution in [0, 0.1) is 12.8 Å². The minimum atomic E-state index is -4.31. The Morgan fingerprint density at radius 1 is 1.41 bits per heavy atom. The summed E-state index contributed by atoms with van der Waals surface area (Å²) in [5.74, 6) is -0.279. The van der Waals surface area contributed by atoms with E-state index in [2.05, 4.69) is 10.3 Å². The van der Waals surface area contributed by atoms with Gasteiger partial charge in [0.2, 0.25) is 0 Å². The molecular weight excluding hydrogens is 297 g/mol. The van der Waals surface area contributed by atoms with Crippen molar-refractivity contribution in [3.8, 4) is 0 Å². The molecule has 2 atom stereocenters. The first-order valence-electron chi connectivity index (χ1n) is 7.47. The lowest BCUT2D eigenvalue weighted by molar-refractivity contribution is -0.193. The second kappa shape index (κ2) is 7.17. The SMILES string of the molecule is Cc1[nH]ccc1C(=O)NC[C@H]1CCCC[C@H]1OCC(F)(F)F. The maximum atomic E-state index is 12.3. The lowest BCUT2D eigenvalue weighted by atomic mass is 9.86. The largest absolute Gasteiger partial charge is 0.411 e. The smallest absolute Gasteiger partial charge is 0.368 e. The fraction of sp³-hybridized carbons (Fsp3) is 0.667. The first-order chi connectivity index (χ1) is 10.4. The third-order valence-electron chi connectivity index (χ3n) is 4.02. The van der Waals surface area contributed by atoms with E-state index in [1.54, 1.807) is 19.2 Å². The van der Waals surface area contributed by atoms with E-state index in [4.69, 9.17) is 4.74 Å². The van der Waals surface area contributed by atoms with E-state index in [1.807, 2.05) is 0 Å². The summed E-state index contributed by atoms with van der Waals surface area (Å²) in [6.07, 6.45) is 0.130. The highest BCUT2D eigenvalue weighted by Crippen LogP contribution is 2.28. The number of aryl methyl sites for hydroxylation is 1. The number of amides is 1. The Morgan fingerprint density at radius 3 is 2.77 bits per heavy atom. The van der Waals surface area contributed by atoms with Crippen molar-refractivity contribution < 1.29 is 22.7 Å². The molecule has 1 aliphatic carbocycles. The summed E-state index contributed by atoms with van der Waals surface area (Å²) in [7, 11) is 0. The molecule has 2 rings (SSSR count). The molecule has 0 aromatic carbocycles. The summed E-state index contributed by atoms with van der Waals surface area (Å²) in [5, 5.41) is 2.80. The Kier molecular flexibility index (Phi) is 5.50. The molecular formula is C15H21F3N2O2. The Hall–Kier alpha value is -1.50. The minimum absolute atomic E-state index is 0.0701. The molecule has 1 amide bonds. The zero-order chi connectivity index (χ0) is 16.2. The molecule has 0 spiro atoms. The number of aromatic amines is 1. The van der Waals surface area contributed by atoms with Gasteiger partial charge in [-0.25, -0.2) is 0 Å². The van der Waals surface area contributed by atoms with Crippen LogP contribution in [0.15, 0.2) is 12.3 Å². The molecule has 0 bridgehead atoms. The van der Waals surface area contributed by atoms with E-state index < -0.39 is 18.9 Å². The quantitative estimate of drug-likeness (QED) is 0.876. The number of nitrogens with one attached hydrogen (secondary N) is 2. The predicted molar refractivity (Wildman–Crippen MR) is 75.6 cm³/mol. The maximum absolute atomic E-state index is 12.3. The Balaban J connectivity index is 1.86. The van der Waals surface area contributed by atoms with Crippen molar-refractivity contribution in [2.45, 2.75) is 44.9 Å². The zero-order valence-corrected chi connectivity index (χ0v) is 12.5. The molecule has 1 aliphatic rings. The topological polar surface area (TPSA) is 54.1 Å². The Morgan fingerprint density at radius 2 is 2.14 bits per heavy atom. The summed E-state index contributed by atoms with van der Waals surface area (Å²) < 4.78 is 41.9. The summed E-state index contributed by atoms with van der Waals surface area (Å²) in [6, 6.07) is 1.68. The summed E-state index contributed by atoms with van der Waals surface area (Å²) in [4.78, 5) is 15.0. The number of H-pyrrole nitrogens is 1. The van der Waals surface area contributed by atoms with Crippen molar-refractivity contribution in [2.75, 3.05) is 13.2 Å². The highest BCUT2D eigenvalue weighted by Gasteiger charge is 2.33. The molecule has 7 heteroatoms. The third-order valence-corrected chi connectivity index (χ3v) is 4.02. The van der Waals surface area contributed by atoms with Crippen molar-refractivity contribution in [3.05, 3.63) is 23.5 Å². The molecule has 0 unspecified atom stereocenters. The van der Waals surface area contributed by atoms with Gasteiger partial charge in [-0.3, -0.25) is 4.79 Å². The van der Waals surface area contributed by atoms with Gasteiger partial charge in [0.25, 0.3) is 5.91 Å². The average molecular weight is 318 g/mol. The maximum Gasteiger partial charge on any atom is 0.411 e. The number of carbonyl (C=O) groups is 1. The van der Waals surface area contributed by atoms with E-state index >= 15 is 0 Å². The van der Waals surface area contributed by atoms with Crippen LogP contribution in [0.25, 0.3) is 0 Å². The van der Waals surface area contributed by atoms with Crippen molar-refractivity contribution in [2.24, 2.45) is 5.92 Å². The molecule has 0 aliphatic heterocycles. The molecule has 0 radical (unpaired) electrons. The normalized spacial score (nSPS) is 22.5. The van der Waals surface area contributed by atoms with Crippen LogP contribution < -0.4 is 5.32 Å². The molecule has 1 fully saturated rings. The molecule has 0 saturated heterocycles. The van der Waals surface area contributed by atoms with Gasteiger partial charge in [0.1, 0.15) is 6.61 Å². The van der Waals surface area contributed by atoms with Crippen molar-refractivity contribution in [3.63, 3.8) is 0 Å². The average Bonchev–Trinajstić information content (AvgIpc) is 2.89. The van der Waals surface area contributed by atoms with Gasteiger partial charge in [-0.2, -0.15) is 13.2 Å². The van der Waals surface area contributed by atoms with Crippen LogP contribution in [0.4, 0.5) is 13.2 Å². The number of aromatic nitrogens is 1. The van der Waals surface area contributed by atoms with Gasteiger partial charge >= 0.3 is 6.18 Å². The van der Waals surface area contributed by atoms with Gasteiger partial charge in [0.15, 0.2) is 0 Å². The standard InChI is InChI=1S/C15H21F3N2O2/c1-10-12(6-7-19-10)14(21)20-8-11-4-2-3-5-13(11)22-9-15(16,17)18/h6-7,11,13,19H,2-5,8-9H2,1H3,(H,20,21)/t11-,13-/m1/s1. The minimum Gasteiger partial charge on any atom is -0.368 e. The van der Waals surface area contributed by atoms with Crippen LogP contribution in [0.5, 0.6) is 0 Å². The van der Waals surface area contributed by atoms with Gasteiger partial charge in [0, 0.05) is 24.4 Å². The van der Waals surface area contributed by atoms with Crippen molar-refractivity contribution in [1.29, 1.82) is 0 Å². The summed E-state index contributed by atoms with van der Waals surface area (Å²) in [6.45, 7) is 0.912. The van der Waals surface area contributed by atoms with Crippen LogP contribution in [0.2, 0.25) is 0 Å². The number of carbonyl (C=O) groups excluding carboxylic acids is 1. The van der Waals surface area contributed by atoms with Crippen molar-refractivity contribution >= 4 is 5.91 Å². The van der Waals surface area contributed by atoms with Gasteiger partial charge in [0.05, 0.1) is 11.7 Å². The zero-order valence-electron chi connectivity index (χ0n) is 12.5. The number of alkyl halides is 3. The van der Waals surface area contributed by atoms with Crippen molar-refractivity contribution in [1.82, 2.24) is 10.3 Å². The monoisotopic (exact) mass is 318 g/mol. The molecule has 1 aromatic rings. The summed E-state index contributed by atoms with van der Waals surface area (Å²) in [5.41, 5.74) is 1.33. The van der Waals surface area contributed by atoms with Gasteiger partial charge in [-0.05, 0) is 25.8 Å². The first kappa shape index (κ1) is 16.9. The lowest BCUT2D eigenvalue weighted by Gasteiger charge is -2.31. The number of halogens is 3. The van der Waals surface area contributed by atoms with E-state index in [-0.39, 0.29) is 11.8 Å². The molecule has 124 valence electrons. The van der Waals surface area contributed by atoms with Crippen LogP contribution in [-0.2, 0) is 4.74 Å². The molecule has 1 saturated carbocycles. The second-order valence-corrected chi connectivity index (χ2v) is 5.74. The highest BCUT2D eigenvalue weighted by molar-refractivity contribution is 5.95. The van der Waals surface area contributed by atoms with E-state index in [1.165, 1.54) is 0 Å². The lowest BCUT2D eigenvalue weighted by Crippen LogP contribution is -2.39. The number of hydrogen-bond donors (Lipinski definition) is 2. The molecule has 2 N–H and O–H groups in total. The van der Waals surface area contributed by atoms with E-state index in [9.17, 15) is 18.0 Å². The number of hydrogen-bond acceptors (Lipinski definition) is 2. The fourth-order valence-corrected chi connectivity index (χ4v) is 2.85.